The van der Waals surface area contributed by atoms with E-state index in [9.17, 15) is 9.59 Å². The highest BCUT2D eigenvalue weighted by Gasteiger charge is 2.08. The molecule has 2 aromatic rings. The molecule has 0 radical (unpaired) electrons. The van der Waals surface area contributed by atoms with E-state index in [1.54, 1.807) is 12.1 Å². The average molecular weight is 311 g/mol. The molecule has 21 heavy (non-hydrogen) atoms. The minimum atomic E-state index is -1.17. The Morgan fingerprint density at radius 3 is 1.76 bits per heavy atom. The van der Waals surface area contributed by atoms with Crippen LogP contribution in [-0.2, 0) is 0 Å². The summed E-state index contributed by atoms with van der Waals surface area (Å²) in [5, 5.41) is 35.1. The van der Waals surface area contributed by atoms with Crippen LogP contribution in [0.4, 0.5) is 0 Å². The fourth-order valence-corrected chi connectivity index (χ4v) is 1.51. The summed E-state index contributed by atoms with van der Waals surface area (Å²) in [5.41, 5.74) is -0.211. The zero-order valence-corrected chi connectivity index (χ0v) is 11.3. The number of aromatic hydroxyl groups is 2. The molecule has 0 bridgehead atoms. The van der Waals surface area contributed by atoms with Gasteiger partial charge in [-0.3, -0.25) is 0 Å². The molecule has 110 valence electrons. The molecular weight excluding hydrogens is 300 g/mol. The second kappa shape index (κ2) is 7.16. The predicted molar refractivity (Wildman–Crippen MR) is 75.1 cm³/mol. The lowest BCUT2D eigenvalue weighted by molar-refractivity contribution is 0.0682. The molecule has 0 saturated heterocycles. The van der Waals surface area contributed by atoms with Gasteiger partial charge in [0.1, 0.15) is 22.6 Å². The molecule has 7 heteroatoms. The van der Waals surface area contributed by atoms with Crippen molar-refractivity contribution in [2.75, 3.05) is 0 Å². The molecule has 0 unspecified atom stereocenters. The van der Waals surface area contributed by atoms with Gasteiger partial charge < -0.3 is 20.4 Å². The number of carboxylic acids is 2. The van der Waals surface area contributed by atoms with Gasteiger partial charge >= 0.3 is 11.9 Å². The normalized spacial score (nSPS) is 9.38. The quantitative estimate of drug-likeness (QED) is 0.678. The van der Waals surface area contributed by atoms with Gasteiger partial charge in [0, 0.05) is 5.02 Å². The summed E-state index contributed by atoms with van der Waals surface area (Å²) in [5.74, 6) is -2.79. The maximum absolute atomic E-state index is 10.3. The molecule has 2 aromatic carbocycles. The Morgan fingerprint density at radius 2 is 1.33 bits per heavy atom. The first-order valence-corrected chi connectivity index (χ1v) is 5.94. The number of phenols is 2. The van der Waals surface area contributed by atoms with Crippen molar-refractivity contribution in [3.63, 3.8) is 0 Å². The van der Waals surface area contributed by atoms with Crippen LogP contribution in [0.2, 0.25) is 5.02 Å². The van der Waals surface area contributed by atoms with Gasteiger partial charge in [-0.25, -0.2) is 9.59 Å². The summed E-state index contributed by atoms with van der Waals surface area (Å²) in [7, 11) is 0. The fourth-order valence-electron chi connectivity index (χ4n) is 1.34. The SMILES string of the molecule is O=C(O)c1ccc(Cl)cc1O.O=C(O)c1ccccc1O. The van der Waals surface area contributed by atoms with Crippen molar-refractivity contribution in [3.05, 3.63) is 58.6 Å². The Morgan fingerprint density at radius 1 is 0.810 bits per heavy atom. The van der Waals surface area contributed by atoms with Crippen LogP contribution in [0.1, 0.15) is 20.7 Å². The first-order valence-electron chi connectivity index (χ1n) is 5.56. The second-order valence-corrected chi connectivity index (χ2v) is 4.23. The molecule has 0 heterocycles. The van der Waals surface area contributed by atoms with E-state index in [2.05, 4.69) is 0 Å². The Labute approximate surface area is 124 Å². The van der Waals surface area contributed by atoms with Gasteiger partial charge in [-0.2, -0.15) is 0 Å². The molecule has 6 nitrogen and oxygen atoms in total. The highest BCUT2D eigenvalue weighted by Crippen LogP contribution is 2.21. The molecular formula is C14H11ClO6. The number of benzene rings is 2. The summed E-state index contributed by atoms with van der Waals surface area (Å²) < 4.78 is 0. The molecule has 0 atom stereocenters. The highest BCUT2D eigenvalue weighted by molar-refractivity contribution is 6.30. The molecule has 2 rings (SSSR count). The lowest BCUT2D eigenvalue weighted by Crippen LogP contribution is -1.95. The standard InChI is InChI=1S/C7H5ClO3.C7H6O3/c8-4-1-2-5(7(10)11)6(9)3-4;8-6-4-2-1-3-5(6)7(9)10/h1-3,9H,(H,10,11);1-4,8H,(H,9,10). The summed E-state index contributed by atoms with van der Waals surface area (Å²) in [6.07, 6.45) is 0. The van der Waals surface area contributed by atoms with E-state index in [4.69, 9.17) is 32.0 Å². The van der Waals surface area contributed by atoms with Crippen LogP contribution in [-0.4, -0.2) is 32.4 Å². The van der Waals surface area contributed by atoms with Gasteiger partial charge in [0.05, 0.1) is 0 Å². The van der Waals surface area contributed by atoms with E-state index in [0.717, 1.165) is 0 Å². The molecule has 0 amide bonds. The third kappa shape index (κ3) is 4.70. The van der Waals surface area contributed by atoms with Crippen molar-refractivity contribution < 1.29 is 30.0 Å². The monoisotopic (exact) mass is 310 g/mol. The van der Waals surface area contributed by atoms with E-state index in [1.165, 1.54) is 30.3 Å². The molecule has 0 saturated carbocycles. The predicted octanol–water partition coefficient (Wildman–Crippen LogP) is 2.83. The third-order valence-corrected chi connectivity index (χ3v) is 2.56. The number of halogens is 1. The lowest BCUT2D eigenvalue weighted by atomic mass is 10.2. The van der Waals surface area contributed by atoms with Gasteiger partial charge in [0.25, 0.3) is 0 Å². The van der Waals surface area contributed by atoms with Crippen molar-refractivity contribution in [1.29, 1.82) is 0 Å². The topological polar surface area (TPSA) is 115 Å². The van der Waals surface area contributed by atoms with Crippen LogP contribution in [0.3, 0.4) is 0 Å². The van der Waals surface area contributed by atoms with Gasteiger partial charge in [-0.05, 0) is 30.3 Å². The smallest absolute Gasteiger partial charge is 0.339 e. The van der Waals surface area contributed by atoms with E-state index in [-0.39, 0.29) is 22.6 Å². The summed E-state index contributed by atoms with van der Waals surface area (Å²) >= 11 is 5.47. The van der Waals surface area contributed by atoms with Gasteiger partial charge in [-0.15, -0.1) is 0 Å². The van der Waals surface area contributed by atoms with Crippen molar-refractivity contribution in [3.8, 4) is 11.5 Å². The first-order chi connectivity index (χ1) is 9.82. The van der Waals surface area contributed by atoms with E-state index >= 15 is 0 Å². The maximum Gasteiger partial charge on any atom is 0.339 e. The highest BCUT2D eigenvalue weighted by atomic mass is 35.5. The number of rotatable bonds is 2. The minimum absolute atomic E-state index is 0.0671. The molecule has 0 aromatic heterocycles. The van der Waals surface area contributed by atoms with E-state index in [1.807, 2.05) is 0 Å². The maximum atomic E-state index is 10.3. The third-order valence-electron chi connectivity index (χ3n) is 2.32. The van der Waals surface area contributed by atoms with Crippen molar-refractivity contribution in [2.24, 2.45) is 0 Å². The van der Waals surface area contributed by atoms with Crippen LogP contribution >= 0.6 is 11.6 Å². The Balaban J connectivity index is 0.000000211. The first kappa shape index (κ1) is 16.3. The van der Waals surface area contributed by atoms with Gasteiger partial charge in [-0.1, -0.05) is 23.7 Å². The molecule has 0 aliphatic rings. The van der Waals surface area contributed by atoms with Crippen LogP contribution < -0.4 is 0 Å². The molecule has 0 aliphatic heterocycles. The summed E-state index contributed by atoms with van der Waals surface area (Å²) in [4.78, 5) is 20.6. The number of aromatic carboxylic acids is 2. The Kier molecular flexibility index (Phi) is 5.57. The zero-order valence-electron chi connectivity index (χ0n) is 10.5. The molecule has 4 N–H and O–H groups in total. The van der Waals surface area contributed by atoms with Crippen LogP contribution in [0.15, 0.2) is 42.5 Å². The van der Waals surface area contributed by atoms with Crippen LogP contribution in [0, 0.1) is 0 Å². The van der Waals surface area contributed by atoms with Gasteiger partial charge in [0.2, 0.25) is 0 Å². The second-order valence-electron chi connectivity index (χ2n) is 3.79. The minimum Gasteiger partial charge on any atom is -0.507 e. The lowest BCUT2D eigenvalue weighted by Gasteiger charge is -1.97. The zero-order chi connectivity index (χ0) is 16.0. The number of carboxylic acid groups (broad SMARTS) is 2. The van der Waals surface area contributed by atoms with Crippen molar-refractivity contribution in [1.82, 2.24) is 0 Å². The molecule has 0 fully saturated rings. The number of hydrogen-bond acceptors (Lipinski definition) is 4. The Hall–Kier alpha value is -2.73. The molecule has 0 spiro atoms. The van der Waals surface area contributed by atoms with E-state index in [0.29, 0.717) is 5.02 Å². The average Bonchev–Trinajstić information content (AvgIpc) is 2.39. The van der Waals surface area contributed by atoms with Crippen LogP contribution in [0.5, 0.6) is 11.5 Å². The fraction of sp³-hybridized carbons (Fsp3) is 0. The number of para-hydroxylation sites is 1. The summed E-state index contributed by atoms with van der Waals surface area (Å²) in [6.45, 7) is 0. The van der Waals surface area contributed by atoms with E-state index < -0.39 is 11.9 Å². The molecule has 0 aliphatic carbocycles. The Bertz CT molecular complexity index is 668. The van der Waals surface area contributed by atoms with Crippen molar-refractivity contribution in [2.45, 2.75) is 0 Å². The largest absolute Gasteiger partial charge is 0.507 e. The summed E-state index contributed by atoms with van der Waals surface area (Å²) in [6, 6.07) is 9.65. The number of hydrogen-bond donors (Lipinski definition) is 4. The van der Waals surface area contributed by atoms with Gasteiger partial charge in [0.15, 0.2) is 0 Å². The van der Waals surface area contributed by atoms with Crippen molar-refractivity contribution >= 4 is 23.5 Å². The van der Waals surface area contributed by atoms with Crippen LogP contribution in [0.25, 0.3) is 0 Å². The number of carbonyl (C=O) groups is 2.